The molecule has 2 rings (SSSR count). The number of phenolic OH excluding ortho intramolecular Hbond substituents is 1. The minimum Gasteiger partial charge on any atom is -0.505 e. The number of hydrogen-bond donors (Lipinski definition) is 3. The minimum atomic E-state index is -1.40. The summed E-state index contributed by atoms with van der Waals surface area (Å²) in [4.78, 5) is 10.6. The largest absolute Gasteiger partial charge is 0.505 e. The van der Waals surface area contributed by atoms with Crippen molar-refractivity contribution in [1.82, 2.24) is 10.2 Å². The molecule has 2 aromatic rings. The highest BCUT2D eigenvalue weighted by Gasteiger charge is 2.17. The van der Waals surface area contributed by atoms with Crippen molar-refractivity contribution in [2.24, 2.45) is 0 Å². The molecule has 1 aromatic carbocycles. The van der Waals surface area contributed by atoms with Crippen LogP contribution in [0.4, 0.5) is 8.78 Å². The van der Waals surface area contributed by atoms with E-state index in [-0.39, 0.29) is 17.0 Å². The van der Waals surface area contributed by atoms with Crippen LogP contribution in [0, 0.1) is 11.6 Å². The summed E-state index contributed by atoms with van der Waals surface area (Å²) in [5.41, 5.74) is -0.532. The molecule has 0 saturated carbocycles. The Labute approximate surface area is 93.3 Å². The van der Waals surface area contributed by atoms with Gasteiger partial charge in [-0.05, 0) is 18.2 Å². The standard InChI is InChI=1S/C10H6F2N2O3/c11-8-4(1-2-7(15)9(8)12)5-3-6(10(16)17)14-13-5/h1-3,15H,(H,13,14)(H,16,17). The van der Waals surface area contributed by atoms with Gasteiger partial charge >= 0.3 is 5.97 Å². The van der Waals surface area contributed by atoms with E-state index in [0.717, 1.165) is 18.2 Å². The molecule has 0 saturated heterocycles. The summed E-state index contributed by atoms with van der Waals surface area (Å²) >= 11 is 0. The molecule has 1 heterocycles. The SMILES string of the molecule is O=C(O)c1cc(-c2ccc(O)c(F)c2F)n[nH]1. The topological polar surface area (TPSA) is 86.2 Å². The minimum absolute atomic E-state index is 0.0567. The number of aromatic carboxylic acids is 1. The molecule has 0 amide bonds. The maximum absolute atomic E-state index is 13.4. The van der Waals surface area contributed by atoms with E-state index in [9.17, 15) is 13.6 Å². The first-order chi connectivity index (χ1) is 8.00. The van der Waals surface area contributed by atoms with Gasteiger partial charge in [0.25, 0.3) is 0 Å². The number of H-pyrrole nitrogens is 1. The number of halogens is 2. The third kappa shape index (κ3) is 1.82. The van der Waals surface area contributed by atoms with Crippen LogP contribution in [0.2, 0.25) is 0 Å². The van der Waals surface area contributed by atoms with E-state index in [1.165, 1.54) is 0 Å². The highest BCUT2D eigenvalue weighted by atomic mass is 19.2. The van der Waals surface area contributed by atoms with Gasteiger partial charge < -0.3 is 10.2 Å². The zero-order chi connectivity index (χ0) is 12.6. The normalized spacial score (nSPS) is 10.5. The molecule has 0 aliphatic rings. The van der Waals surface area contributed by atoms with Gasteiger partial charge in [0.1, 0.15) is 5.69 Å². The maximum atomic E-state index is 13.4. The van der Waals surface area contributed by atoms with Crippen molar-refractivity contribution in [1.29, 1.82) is 0 Å². The molecule has 0 atom stereocenters. The van der Waals surface area contributed by atoms with Gasteiger partial charge in [0, 0.05) is 5.56 Å². The lowest BCUT2D eigenvalue weighted by atomic mass is 10.1. The number of aromatic nitrogens is 2. The lowest BCUT2D eigenvalue weighted by Crippen LogP contribution is -1.95. The van der Waals surface area contributed by atoms with Gasteiger partial charge in [-0.2, -0.15) is 9.49 Å². The number of aromatic hydroxyl groups is 1. The Bertz CT molecular complexity index is 595. The summed E-state index contributed by atoms with van der Waals surface area (Å²) in [6.07, 6.45) is 0. The van der Waals surface area contributed by atoms with Crippen LogP contribution in [-0.2, 0) is 0 Å². The number of nitrogens with zero attached hydrogens (tertiary/aromatic N) is 1. The van der Waals surface area contributed by atoms with Crippen LogP contribution in [0.5, 0.6) is 5.75 Å². The zero-order valence-corrected chi connectivity index (χ0v) is 8.24. The maximum Gasteiger partial charge on any atom is 0.353 e. The van der Waals surface area contributed by atoms with Gasteiger partial charge in [0.15, 0.2) is 11.6 Å². The second-order valence-corrected chi connectivity index (χ2v) is 3.23. The Morgan fingerprint density at radius 2 is 2.00 bits per heavy atom. The number of carbonyl (C=O) groups is 1. The number of phenols is 1. The number of carboxylic acids is 1. The van der Waals surface area contributed by atoms with E-state index in [2.05, 4.69) is 10.2 Å². The summed E-state index contributed by atoms with van der Waals surface area (Å²) < 4.78 is 26.5. The van der Waals surface area contributed by atoms with Crippen LogP contribution in [0.15, 0.2) is 18.2 Å². The Kier molecular flexibility index (Phi) is 2.51. The quantitative estimate of drug-likeness (QED) is 0.746. The lowest BCUT2D eigenvalue weighted by Gasteiger charge is -2.01. The third-order valence-corrected chi connectivity index (χ3v) is 2.15. The monoisotopic (exact) mass is 240 g/mol. The van der Waals surface area contributed by atoms with Crippen molar-refractivity contribution in [3.63, 3.8) is 0 Å². The molecule has 7 heteroatoms. The van der Waals surface area contributed by atoms with Crippen LogP contribution >= 0.6 is 0 Å². The zero-order valence-electron chi connectivity index (χ0n) is 8.24. The van der Waals surface area contributed by atoms with Gasteiger partial charge in [-0.3, -0.25) is 5.10 Å². The predicted molar refractivity (Wildman–Crippen MR) is 52.6 cm³/mol. The van der Waals surface area contributed by atoms with Crippen LogP contribution in [0.3, 0.4) is 0 Å². The smallest absolute Gasteiger partial charge is 0.353 e. The molecule has 0 unspecified atom stereocenters. The van der Waals surface area contributed by atoms with E-state index >= 15 is 0 Å². The fourth-order valence-corrected chi connectivity index (χ4v) is 1.31. The van der Waals surface area contributed by atoms with Crippen LogP contribution in [0.1, 0.15) is 10.5 Å². The molecule has 0 spiro atoms. The Balaban J connectivity index is 2.53. The van der Waals surface area contributed by atoms with E-state index in [0.29, 0.717) is 0 Å². The van der Waals surface area contributed by atoms with E-state index in [4.69, 9.17) is 10.2 Å². The molecule has 3 N–H and O–H groups in total. The first kappa shape index (κ1) is 11.1. The van der Waals surface area contributed by atoms with E-state index < -0.39 is 23.4 Å². The summed E-state index contributed by atoms with van der Waals surface area (Å²) in [6, 6.07) is 3.13. The van der Waals surface area contributed by atoms with Crippen molar-refractivity contribution in [3.8, 4) is 17.0 Å². The number of nitrogens with one attached hydrogen (secondary N) is 1. The second kappa shape index (κ2) is 3.85. The van der Waals surface area contributed by atoms with Gasteiger partial charge in [-0.1, -0.05) is 0 Å². The summed E-state index contributed by atoms with van der Waals surface area (Å²) in [6.45, 7) is 0. The van der Waals surface area contributed by atoms with Gasteiger partial charge in [0.05, 0.1) is 5.69 Å². The van der Waals surface area contributed by atoms with Gasteiger partial charge in [0.2, 0.25) is 5.82 Å². The predicted octanol–water partition coefficient (Wildman–Crippen LogP) is 1.76. The summed E-state index contributed by atoms with van der Waals surface area (Å²) in [7, 11) is 0. The molecule has 0 aliphatic heterocycles. The third-order valence-electron chi connectivity index (χ3n) is 2.15. The van der Waals surface area contributed by atoms with Gasteiger partial charge in [-0.25, -0.2) is 9.18 Å². The summed E-state index contributed by atoms with van der Waals surface area (Å²) in [5, 5.41) is 23.3. The number of benzene rings is 1. The van der Waals surface area contributed by atoms with Crippen molar-refractivity contribution < 1.29 is 23.8 Å². The Hall–Kier alpha value is -2.44. The first-order valence-electron chi connectivity index (χ1n) is 4.46. The average Bonchev–Trinajstić information content (AvgIpc) is 2.75. The number of hydrogen-bond acceptors (Lipinski definition) is 3. The molecule has 0 fully saturated rings. The number of rotatable bonds is 2. The first-order valence-corrected chi connectivity index (χ1v) is 4.46. The number of aromatic amines is 1. The van der Waals surface area contributed by atoms with Crippen LogP contribution in [0.25, 0.3) is 11.3 Å². The second-order valence-electron chi connectivity index (χ2n) is 3.23. The molecule has 0 bridgehead atoms. The molecule has 0 aliphatic carbocycles. The molecule has 17 heavy (non-hydrogen) atoms. The average molecular weight is 240 g/mol. The molecule has 88 valence electrons. The van der Waals surface area contributed by atoms with Crippen molar-refractivity contribution in [2.45, 2.75) is 0 Å². The Morgan fingerprint density at radius 1 is 1.29 bits per heavy atom. The van der Waals surface area contributed by atoms with Crippen LogP contribution in [-0.4, -0.2) is 26.4 Å². The van der Waals surface area contributed by atoms with Gasteiger partial charge in [-0.15, -0.1) is 0 Å². The summed E-state index contributed by atoms with van der Waals surface area (Å²) in [5.74, 6) is -4.76. The molecular weight excluding hydrogens is 234 g/mol. The molecular formula is C10H6F2N2O3. The highest BCUT2D eigenvalue weighted by Crippen LogP contribution is 2.28. The van der Waals surface area contributed by atoms with E-state index in [1.807, 2.05) is 0 Å². The van der Waals surface area contributed by atoms with Crippen LogP contribution < -0.4 is 0 Å². The molecule has 1 aromatic heterocycles. The fraction of sp³-hybridized carbons (Fsp3) is 0. The van der Waals surface area contributed by atoms with Crippen molar-refractivity contribution >= 4 is 5.97 Å². The molecule has 5 nitrogen and oxygen atoms in total. The Morgan fingerprint density at radius 3 is 2.59 bits per heavy atom. The number of carboxylic acid groups (broad SMARTS) is 1. The van der Waals surface area contributed by atoms with Crippen molar-refractivity contribution in [3.05, 3.63) is 35.5 Å². The fourth-order valence-electron chi connectivity index (χ4n) is 1.31. The highest BCUT2D eigenvalue weighted by molar-refractivity contribution is 5.86. The van der Waals surface area contributed by atoms with E-state index in [1.54, 1.807) is 0 Å². The lowest BCUT2D eigenvalue weighted by molar-refractivity contribution is 0.0690. The molecule has 0 radical (unpaired) electrons. The van der Waals surface area contributed by atoms with Crippen molar-refractivity contribution in [2.75, 3.05) is 0 Å².